The second-order valence-corrected chi connectivity index (χ2v) is 7.99. The van der Waals surface area contributed by atoms with Crippen LogP contribution in [0.15, 0.2) is 5.38 Å². The molecule has 4 fully saturated rings. The molecule has 1 aromatic rings. The molecule has 4 heteroatoms. The number of anilines is 1. The molecular formula is C16H21NO2S. The van der Waals surface area contributed by atoms with Gasteiger partial charge in [-0.05, 0) is 72.6 Å². The van der Waals surface area contributed by atoms with Crippen LogP contribution in [0.25, 0.3) is 0 Å². The van der Waals surface area contributed by atoms with Crippen molar-refractivity contribution < 1.29 is 9.53 Å². The molecule has 1 heterocycles. The molecule has 2 N–H and O–H groups in total. The molecule has 0 aromatic carbocycles. The first-order valence-electron chi connectivity index (χ1n) is 7.57. The molecule has 4 bridgehead atoms. The molecule has 108 valence electrons. The minimum Gasteiger partial charge on any atom is -0.465 e. The standard InChI is InChI=1S/C16H21NO2S/c1-19-15(18)13-12(8-20-14(13)17)16-5-9-2-10(6-16)4-11(3-9)7-16/h8-11H,2-7,17H2,1H3. The van der Waals surface area contributed by atoms with Crippen molar-refractivity contribution in [2.24, 2.45) is 17.8 Å². The van der Waals surface area contributed by atoms with Gasteiger partial charge in [0, 0.05) is 0 Å². The van der Waals surface area contributed by atoms with Crippen LogP contribution in [0.3, 0.4) is 0 Å². The summed E-state index contributed by atoms with van der Waals surface area (Å²) in [7, 11) is 1.45. The number of esters is 1. The van der Waals surface area contributed by atoms with Gasteiger partial charge in [0.25, 0.3) is 0 Å². The summed E-state index contributed by atoms with van der Waals surface area (Å²) >= 11 is 1.50. The van der Waals surface area contributed by atoms with Gasteiger partial charge in [0.1, 0.15) is 5.00 Å². The molecule has 4 aliphatic carbocycles. The van der Waals surface area contributed by atoms with E-state index in [1.54, 1.807) is 0 Å². The highest BCUT2D eigenvalue weighted by molar-refractivity contribution is 7.14. The lowest BCUT2D eigenvalue weighted by Crippen LogP contribution is -2.48. The number of nitrogen functional groups attached to an aromatic ring is 1. The van der Waals surface area contributed by atoms with Gasteiger partial charge in [-0.15, -0.1) is 11.3 Å². The number of methoxy groups -OCH3 is 1. The average molecular weight is 291 g/mol. The topological polar surface area (TPSA) is 52.3 Å². The molecule has 0 unspecified atom stereocenters. The van der Waals surface area contributed by atoms with Gasteiger partial charge in [0.2, 0.25) is 0 Å². The zero-order chi connectivity index (χ0) is 13.9. The Balaban J connectivity index is 1.79. The van der Waals surface area contributed by atoms with Crippen molar-refractivity contribution in [3.63, 3.8) is 0 Å². The average Bonchev–Trinajstić information content (AvgIpc) is 2.79. The number of hydrogen-bond donors (Lipinski definition) is 1. The SMILES string of the molecule is COC(=O)c1c(C23CC4CC(CC(C4)C2)C3)csc1N. The summed E-state index contributed by atoms with van der Waals surface area (Å²) in [6, 6.07) is 0. The Kier molecular flexibility index (Phi) is 2.69. The molecule has 0 spiro atoms. The van der Waals surface area contributed by atoms with E-state index in [2.05, 4.69) is 5.38 Å². The molecule has 0 atom stereocenters. The van der Waals surface area contributed by atoms with Crippen LogP contribution in [0.1, 0.15) is 54.4 Å². The van der Waals surface area contributed by atoms with Crippen molar-refractivity contribution in [3.8, 4) is 0 Å². The van der Waals surface area contributed by atoms with Gasteiger partial charge in [-0.1, -0.05) is 0 Å². The summed E-state index contributed by atoms with van der Waals surface area (Å²) in [5, 5.41) is 2.76. The molecule has 4 aliphatic rings. The summed E-state index contributed by atoms with van der Waals surface area (Å²) < 4.78 is 4.97. The Bertz CT molecular complexity index is 528. The highest BCUT2D eigenvalue weighted by atomic mass is 32.1. The molecule has 0 saturated heterocycles. The molecule has 20 heavy (non-hydrogen) atoms. The van der Waals surface area contributed by atoms with E-state index < -0.39 is 0 Å². The Morgan fingerprint density at radius 3 is 2.30 bits per heavy atom. The van der Waals surface area contributed by atoms with E-state index in [1.807, 2.05) is 0 Å². The maximum atomic E-state index is 12.1. The minimum atomic E-state index is -0.255. The largest absolute Gasteiger partial charge is 0.465 e. The number of nitrogens with two attached hydrogens (primary N) is 1. The Hall–Kier alpha value is -1.03. The van der Waals surface area contributed by atoms with Crippen LogP contribution in [0.2, 0.25) is 0 Å². The van der Waals surface area contributed by atoms with E-state index >= 15 is 0 Å². The van der Waals surface area contributed by atoms with Crippen LogP contribution in [0.5, 0.6) is 0 Å². The summed E-state index contributed by atoms with van der Waals surface area (Å²) in [5.41, 5.74) is 8.14. The third-order valence-corrected chi connectivity index (χ3v) is 6.63. The highest BCUT2D eigenvalue weighted by Crippen LogP contribution is 2.61. The third-order valence-electron chi connectivity index (χ3n) is 5.82. The monoisotopic (exact) mass is 291 g/mol. The van der Waals surface area contributed by atoms with E-state index in [4.69, 9.17) is 10.5 Å². The van der Waals surface area contributed by atoms with Gasteiger partial charge in [0.15, 0.2) is 0 Å². The van der Waals surface area contributed by atoms with Gasteiger partial charge in [-0.25, -0.2) is 4.79 Å². The maximum Gasteiger partial charge on any atom is 0.341 e. The smallest absolute Gasteiger partial charge is 0.341 e. The minimum absolute atomic E-state index is 0.215. The van der Waals surface area contributed by atoms with Crippen LogP contribution < -0.4 is 5.73 Å². The molecule has 0 amide bonds. The van der Waals surface area contributed by atoms with Crippen LogP contribution in [0.4, 0.5) is 5.00 Å². The molecule has 3 nitrogen and oxygen atoms in total. The van der Waals surface area contributed by atoms with Crippen LogP contribution in [-0.2, 0) is 10.2 Å². The van der Waals surface area contributed by atoms with E-state index in [0.29, 0.717) is 10.6 Å². The van der Waals surface area contributed by atoms with Gasteiger partial charge in [0.05, 0.1) is 12.7 Å². The first-order valence-corrected chi connectivity index (χ1v) is 8.45. The molecule has 0 aliphatic heterocycles. The fraction of sp³-hybridized carbons (Fsp3) is 0.688. The van der Waals surface area contributed by atoms with E-state index in [0.717, 1.165) is 17.8 Å². The first-order chi connectivity index (χ1) is 9.61. The number of carbonyl (C=O) groups is 1. The predicted octanol–water partition coefficient (Wildman–Crippen LogP) is 3.58. The fourth-order valence-electron chi connectivity index (χ4n) is 5.52. The lowest BCUT2D eigenvalue weighted by atomic mass is 9.48. The van der Waals surface area contributed by atoms with Gasteiger partial charge >= 0.3 is 5.97 Å². The number of rotatable bonds is 2. The molecular weight excluding hydrogens is 270 g/mol. The van der Waals surface area contributed by atoms with Crippen LogP contribution >= 0.6 is 11.3 Å². The molecule has 4 saturated carbocycles. The summed E-state index contributed by atoms with van der Waals surface area (Å²) in [4.78, 5) is 12.1. The van der Waals surface area contributed by atoms with E-state index in [-0.39, 0.29) is 11.4 Å². The van der Waals surface area contributed by atoms with Gasteiger partial charge < -0.3 is 10.5 Å². The second-order valence-electron chi connectivity index (χ2n) is 7.08. The van der Waals surface area contributed by atoms with E-state index in [9.17, 15) is 4.79 Å². The maximum absolute atomic E-state index is 12.1. The first kappa shape index (κ1) is 12.7. The van der Waals surface area contributed by atoms with Crippen molar-refractivity contribution in [2.45, 2.75) is 43.9 Å². The van der Waals surface area contributed by atoms with Gasteiger partial charge in [-0.3, -0.25) is 0 Å². The highest BCUT2D eigenvalue weighted by Gasteiger charge is 2.53. The van der Waals surface area contributed by atoms with Crippen LogP contribution in [-0.4, -0.2) is 13.1 Å². The van der Waals surface area contributed by atoms with Crippen molar-refractivity contribution in [3.05, 3.63) is 16.5 Å². The summed E-state index contributed by atoms with van der Waals surface area (Å²) in [6.45, 7) is 0. The summed E-state index contributed by atoms with van der Waals surface area (Å²) in [5.74, 6) is 2.35. The quantitative estimate of drug-likeness (QED) is 0.847. The van der Waals surface area contributed by atoms with Crippen molar-refractivity contribution in [2.75, 3.05) is 12.8 Å². The zero-order valence-electron chi connectivity index (χ0n) is 11.9. The Morgan fingerprint density at radius 1 is 1.25 bits per heavy atom. The summed E-state index contributed by atoms with van der Waals surface area (Å²) in [6.07, 6.45) is 7.97. The van der Waals surface area contributed by atoms with Crippen molar-refractivity contribution >= 4 is 22.3 Å². The Labute approximate surface area is 123 Å². The van der Waals surface area contributed by atoms with Gasteiger partial charge in [-0.2, -0.15) is 0 Å². The number of hydrogen-bond acceptors (Lipinski definition) is 4. The molecule has 5 rings (SSSR count). The normalized spacial score (nSPS) is 38.1. The number of ether oxygens (including phenoxy) is 1. The lowest BCUT2D eigenvalue weighted by Gasteiger charge is -2.57. The van der Waals surface area contributed by atoms with E-state index in [1.165, 1.54) is 62.5 Å². The Morgan fingerprint density at radius 2 is 1.80 bits per heavy atom. The molecule has 1 aromatic heterocycles. The van der Waals surface area contributed by atoms with Crippen LogP contribution in [0, 0.1) is 17.8 Å². The lowest BCUT2D eigenvalue weighted by molar-refractivity contribution is -0.00569. The molecule has 0 radical (unpaired) electrons. The number of carbonyl (C=O) groups excluding carboxylic acids is 1. The fourth-order valence-corrected chi connectivity index (χ4v) is 6.44. The number of thiophene rings is 1. The predicted molar refractivity (Wildman–Crippen MR) is 79.9 cm³/mol. The van der Waals surface area contributed by atoms with Crippen molar-refractivity contribution in [1.29, 1.82) is 0 Å². The second kappa shape index (κ2) is 4.23. The van der Waals surface area contributed by atoms with Crippen molar-refractivity contribution in [1.82, 2.24) is 0 Å². The zero-order valence-corrected chi connectivity index (χ0v) is 12.7. The third kappa shape index (κ3) is 1.67.